The molecule has 0 saturated heterocycles. The summed E-state index contributed by atoms with van der Waals surface area (Å²) in [6.07, 6.45) is 1.76. The Bertz CT molecular complexity index is 455. The molecule has 0 spiro atoms. The van der Waals surface area contributed by atoms with E-state index in [1.807, 2.05) is 31.2 Å². The van der Waals surface area contributed by atoms with Gasteiger partial charge in [-0.25, -0.2) is 0 Å². The molecule has 1 amide bonds. The van der Waals surface area contributed by atoms with Crippen molar-refractivity contribution in [2.45, 2.75) is 19.8 Å². The molecule has 2 rings (SSSR count). The molecule has 1 fully saturated rings. The number of hydrogen-bond donors (Lipinski definition) is 3. The molecule has 0 radical (unpaired) electrons. The number of carbonyl (C=O) groups excluding carboxylic acids is 1. The smallest absolute Gasteiger partial charge is 0.231 e. The summed E-state index contributed by atoms with van der Waals surface area (Å²) in [4.78, 5) is 14.1. The molecule has 0 unspecified atom stereocenters. The summed E-state index contributed by atoms with van der Waals surface area (Å²) in [5.41, 5.74) is 7.15. The summed E-state index contributed by atoms with van der Waals surface area (Å²) < 4.78 is 0. The van der Waals surface area contributed by atoms with Crippen LogP contribution in [-0.2, 0) is 4.79 Å². The van der Waals surface area contributed by atoms with E-state index in [0.717, 1.165) is 30.8 Å². The lowest BCUT2D eigenvalue weighted by molar-refractivity contribution is -0.120. The van der Waals surface area contributed by atoms with E-state index >= 15 is 0 Å². The molecule has 5 heteroatoms. The summed E-state index contributed by atoms with van der Waals surface area (Å²) >= 11 is 0. The average Bonchev–Trinajstić information content (AvgIpc) is 3.27. The topological polar surface area (TPSA) is 78.6 Å². The molecule has 1 aliphatic rings. The van der Waals surface area contributed by atoms with Crippen molar-refractivity contribution in [3.8, 4) is 0 Å². The molecule has 1 aromatic rings. The SMILES string of the molecule is CCN(CCO)c1ccc(NC(=O)C2(CN)CC2)cc1. The first-order valence-corrected chi connectivity index (χ1v) is 7.12. The lowest BCUT2D eigenvalue weighted by Crippen LogP contribution is -2.30. The van der Waals surface area contributed by atoms with Crippen molar-refractivity contribution in [1.82, 2.24) is 0 Å². The number of benzene rings is 1. The highest BCUT2D eigenvalue weighted by Crippen LogP contribution is 2.45. The second-order valence-electron chi connectivity index (χ2n) is 5.29. The monoisotopic (exact) mass is 277 g/mol. The van der Waals surface area contributed by atoms with Gasteiger partial charge in [0.15, 0.2) is 0 Å². The number of hydrogen-bond acceptors (Lipinski definition) is 4. The third kappa shape index (κ3) is 3.11. The van der Waals surface area contributed by atoms with E-state index in [1.54, 1.807) is 0 Å². The normalized spacial score (nSPS) is 15.8. The number of likely N-dealkylation sites (N-methyl/N-ethyl adjacent to an activating group) is 1. The number of nitrogens with two attached hydrogens (primary N) is 1. The molecule has 0 aliphatic heterocycles. The van der Waals surface area contributed by atoms with Crippen molar-refractivity contribution in [2.24, 2.45) is 11.1 Å². The number of nitrogens with one attached hydrogen (secondary N) is 1. The number of nitrogens with zero attached hydrogens (tertiary/aromatic N) is 1. The maximum absolute atomic E-state index is 12.1. The highest BCUT2D eigenvalue weighted by atomic mass is 16.3. The first-order chi connectivity index (χ1) is 9.65. The Hall–Kier alpha value is -1.59. The molecule has 0 bridgehead atoms. The van der Waals surface area contributed by atoms with Gasteiger partial charge in [0.05, 0.1) is 12.0 Å². The van der Waals surface area contributed by atoms with Crippen LogP contribution in [-0.4, -0.2) is 37.3 Å². The standard InChI is InChI=1S/C15H23N3O2/c1-2-18(9-10-19)13-5-3-12(4-6-13)17-14(20)15(11-16)7-8-15/h3-6,19H,2,7-11,16H2,1H3,(H,17,20). The van der Waals surface area contributed by atoms with Crippen molar-refractivity contribution in [3.05, 3.63) is 24.3 Å². The zero-order chi connectivity index (χ0) is 14.6. The van der Waals surface area contributed by atoms with Gasteiger partial charge in [-0.05, 0) is 44.0 Å². The van der Waals surface area contributed by atoms with Gasteiger partial charge >= 0.3 is 0 Å². The number of anilines is 2. The lowest BCUT2D eigenvalue weighted by Gasteiger charge is -2.22. The van der Waals surface area contributed by atoms with Crippen LogP contribution in [0.15, 0.2) is 24.3 Å². The van der Waals surface area contributed by atoms with Crippen LogP contribution in [0.1, 0.15) is 19.8 Å². The number of amides is 1. The van der Waals surface area contributed by atoms with Gasteiger partial charge < -0.3 is 21.1 Å². The van der Waals surface area contributed by atoms with Crippen LogP contribution in [0.25, 0.3) is 0 Å². The summed E-state index contributed by atoms with van der Waals surface area (Å²) in [6, 6.07) is 7.69. The third-order valence-corrected chi connectivity index (χ3v) is 3.97. The molecule has 1 aromatic carbocycles. The van der Waals surface area contributed by atoms with Gasteiger partial charge in [0.2, 0.25) is 5.91 Å². The van der Waals surface area contributed by atoms with Gasteiger partial charge in [-0.1, -0.05) is 0 Å². The Balaban J connectivity index is 1.99. The minimum absolute atomic E-state index is 0.0236. The Labute approximate surface area is 119 Å². The minimum Gasteiger partial charge on any atom is -0.395 e. The van der Waals surface area contributed by atoms with Gasteiger partial charge in [-0.15, -0.1) is 0 Å². The Morgan fingerprint density at radius 2 is 2.05 bits per heavy atom. The first kappa shape index (κ1) is 14.8. The van der Waals surface area contributed by atoms with Crippen LogP contribution in [0.5, 0.6) is 0 Å². The molecule has 20 heavy (non-hydrogen) atoms. The second kappa shape index (κ2) is 6.24. The maximum atomic E-state index is 12.1. The van der Waals surface area contributed by atoms with Gasteiger partial charge in [-0.2, -0.15) is 0 Å². The van der Waals surface area contributed by atoms with E-state index in [1.165, 1.54) is 0 Å². The Kier molecular flexibility index (Phi) is 4.62. The number of carbonyl (C=O) groups is 1. The highest BCUT2D eigenvalue weighted by molar-refractivity contribution is 5.97. The lowest BCUT2D eigenvalue weighted by atomic mass is 10.1. The first-order valence-electron chi connectivity index (χ1n) is 7.12. The zero-order valence-electron chi connectivity index (χ0n) is 11.9. The predicted octanol–water partition coefficient (Wildman–Crippen LogP) is 1.18. The van der Waals surface area contributed by atoms with E-state index in [4.69, 9.17) is 10.8 Å². The predicted molar refractivity (Wildman–Crippen MR) is 80.8 cm³/mol. The average molecular weight is 277 g/mol. The molecule has 4 N–H and O–H groups in total. The van der Waals surface area contributed by atoms with Crippen LogP contribution in [0, 0.1) is 5.41 Å². The summed E-state index contributed by atoms with van der Waals surface area (Å²) in [6.45, 7) is 4.03. The van der Waals surface area contributed by atoms with Gasteiger partial charge in [0, 0.05) is 31.0 Å². The molecule has 0 heterocycles. The van der Waals surface area contributed by atoms with Crippen molar-refractivity contribution in [3.63, 3.8) is 0 Å². The van der Waals surface area contributed by atoms with Crippen LogP contribution >= 0.6 is 0 Å². The molecule has 5 nitrogen and oxygen atoms in total. The van der Waals surface area contributed by atoms with Crippen molar-refractivity contribution >= 4 is 17.3 Å². The fourth-order valence-corrected chi connectivity index (χ4v) is 2.28. The van der Waals surface area contributed by atoms with E-state index in [9.17, 15) is 4.79 Å². The van der Waals surface area contributed by atoms with Gasteiger partial charge in [-0.3, -0.25) is 4.79 Å². The summed E-state index contributed by atoms with van der Waals surface area (Å²) in [5, 5.41) is 11.9. The number of aliphatic hydroxyl groups is 1. The highest BCUT2D eigenvalue weighted by Gasteiger charge is 2.48. The van der Waals surface area contributed by atoms with Crippen LogP contribution in [0.2, 0.25) is 0 Å². The fraction of sp³-hybridized carbons (Fsp3) is 0.533. The van der Waals surface area contributed by atoms with Crippen LogP contribution in [0.4, 0.5) is 11.4 Å². The van der Waals surface area contributed by atoms with Crippen LogP contribution in [0.3, 0.4) is 0 Å². The van der Waals surface area contributed by atoms with Crippen LogP contribution < -0.4 is 16.0 Å². The summed E-state index contributed by atoms with van der Waals surface area (Å²) in [7, 11) is 0. The quantitative estimate of drug-likeness (QED) is 0.699. The molecule has 0 atom stereocenters. The zero-order valence-corrected chi connectivity index (χ0v) is 11.9. The van der Waals surface area contributed by atoms with E-state index in [-0.39, 0.29) is 17.9 Å². The molecular weight excluding hydrogens is 254 g/mol. The van der Waals surface area contributed by atoms with Gasteiger partial charge in [0.1, 0.15) is 0 Å². The van der Waals surface area contributed by atoms with Crippen molar-refractivity contribution < 1.29 is 9.90 Å². The Morgan fingerprint density at radius 3 is 2.50 bits per heavy atom. The number of rotatable bonds is 7. The summed E-state index contributed by atoms with van der Waals surface area (Å²) in [5.74, 6) is 0.0236. The third-order valence-electron chi connectivity index (χ3n) is 3.97. The maximum Gasteiger partial charge on any atom is 0.231 e. The molecule has 0 aromatic heterocycles. The van der Waals surface area contributed by atoms with Crippen molar-refractivity contribution in [1.29, 1.82) is 0 Å². The molecular formula is C15H23N3O2. The van der Waals surface area contributed by atoms with E-state index in [2.05, 4.69) is 10.2 Å². The van der Waals surface area contributed by atoms with Crippen molar-refractivity contribution in [2.75, 3.05) is 36.5 Å². The fourth-order valence-electron chi connectivity index (χ4n) is 2.28. The largest absolute Gasteiger partial charge is 0.395 e. The molecule has 1 saturated carbocycles. The molecule has 1 aliphatic carbocycles. The minimum atomic E-state index is -0.328. The molecule has 110 valence electrons. The van der Waals surface area contributed by atoms with E-state index in [0.29, 0.717) is 13.1 Å². The van der Waals surface area contributed by atoms with Gasteiger partial charge in [0.25, 0.3) is 0 Å². The van der Waals surface area contributed by atoms with E-state index < -0.39 is 0 Å². The number of aliphatic hydroxyl groups excluding tert-OH is 1. The Morgan fingerprint density at radius 1 is 1.40 bits per heavy atom. The second-order valence-corrected chi connectivity index (χ2v) is 5.29.